The standard InChI is InChI=1S/C20H40N10O6/c1-10(2)14(18(35)36)30-17(34)13(9-31)29-16(33)12(6-4-8-27-20(24)25)28-15(32)11(21)5-3-7-26-19(22)23/h10-14,31H,3-9,21H2,1-2H3,(H,28,32)(H,29,33)(H,30,34)(H,35,36)(H4,22,23,26)(H4,24,25,27). The maximum Gasteiger partial charge on any atom is 0.326 e. The smallest absolute Gasteiger partial charge is 0.326 e. The number of carbonyl (C=O) groups excluding carboxylic acids is 3. The number of carboxylic acids is 1. The fourth-order valence-corrected chi connectivity index (χ4v) is 2.94. The normalized spacial score (nSPS) is 14.0. The van der Waals surface area contributed by atoms with Crippen LogP contribution in [0.1, 0.15) is 39.5 Å². The number of hydrogen-bond donors (Lipinski definition) is 10. The second-order valence-electron chi connectivity index (χ2n) is 8.38. The number of aliphatic hydroxyl groups excluding tert-OH is 1. The lowest BCUT2D eigenvalue weighted by Gasteiger charge is -2.25. The molecule has 4 unspecified atom stereocenters. The number of nitrogens with zero attached hydrogens (tertiary/aromatic N) is 2. The molecule has 0 aromatic heterocycles. The van der Waals surface area contributed by atoms with Crippen molar-refractivity contribution in [2.75, 3.05) is 19.7 Å². The third-order valence-electron chi connectivity index (χ3n) is 4.93. The number of nitrogens with two attached hydrogens (primary N) is 5. The van der Waals surface area contributed by atoms with E-state index < -0.39 is 60.4 Å². The number of rotatable bonds is 17. The maximum atomic E-state index is 12.9. The van der Waals surface area contributed by atoms with Crippen LogP contribution in [0.3, 0.4) is 0 Å². The van der Waals surface area contributed by atoms with Gasteiger partial charge < -0.3 is 54.8 Å². The van der Waals surface area contributed by atoms with Crippen molar-refractivity contribution in [2.45, 2.75) is 63.7 Å². The minimum Gasteiger partial charge on any atom is -0.480 e. The van der Waals surface area contributed by atoms with E-state index in [4.69, 9.17) is 28.7 Å². The van der Waals surface area contributed by atoms with E-state index in [1.54, 1.807) is 13.8 Å². The predicted octanol–water partition coefficient (Wildman–Crippen LogP) is -4.39. The highest BCUT2D eigenvalue weighted by atomic mass is 16.4. The average Bonchev–Trinajstić information content (AvgIpc) is 2.79. The van der Waals surface area contributed by atoms with E-state index in [1.807, 2.05) is 0 Å². The monoisotopic (exact) mass is 516 g/mol. The lowest BCUT2D eigenvalue weighted by atomic mass is 10.0. The van der Waals surface area contributed by atoms with Crippen molar-refractivity contribution in [3.63, 3.8) is 0 Å². The van der Waals surface area contributed by atoms with Crippen LogP contribution < -0.4 is 44.6 Å². The average molecular weight is 517 g/mol. The molecule has 0 bridgehead atoms. The number of aliphatic hydroxyl groups is 1. The summed E-state index contributed by atoms with van der Waals surface area (Å²) in [6.07, 6.45) is 1.03. The summed E-state index contributed by atoms with van der Waals surface area (Å²) < 4.78 is 0. The SMILES string of the molecule is CC(C)C(NC(=O)C(CO)NC(=O)C(CCCN=C(N)N)NC(=O)C(N)CCCN=C(N)N)C(=O)O. The van der Waals surface area contributed by atoms with Gasteiger partial charge in [0.15, 0.2) is 11.9 Å². The second kappa shape index (κ2) is 16.9. The van der Waals surface area contributed by atoms with Gasteiger partial charge in [-0.3, -0.25) is 24.4 Å². The topological polar surface area (TPSA) is 300 Å². The van der Waals surface area contributed by atoms with Crippen molar-refractivity contribution in [3.8, 4) is 0 Å². The first-order chi connectivity index (χ1) is 16.8. The molecule has 0 fully saturated rings. The van der Waals surface area contributed by atoms with Crippen LogP contribution in [-0.4, -0.2) is 89.7 Å². The number of aliphatic carboxylic acids is 1. The van der Waals surface area contributed by atoms with Gasteiger partial charge in [-0.05, 0) is 31.6 Å². The molecule has 0 saturated carbocycles. The number of guanidine groups is 2. The zero-order valence-corrected chi connectivity index (χ0v) is 20.6. The molecule has 206 valence electrons. The molecule has 0 aromatic rings. The van der Waals surface area contributed by atoms with Gasteiger partial charge in [0.1, 0.15) is 18.1 Å². The molecule has 36 heavy (non-hydrogen) atoms. The van der Waals surface area contributed by atoms with Gasteiger partial charge in [0, 0.05) is 13.1 Å². The molecular weight excluding hydrogens is 476 g/mol. The van der Waals surface area contributed by atoms with Gasteiger partial charge in [0.2, 0.25) is 17.7 Å². The van der Waals surface area contributed by atoms with E-state index in [2.05, 4.69) is 25.9 Å². The Balaban J connectivity index is 5.32. The van der Waals surface area contributed by atoms with E-state index in [9.17, 15) is 29.4 Å². The van der Waals surface area contributed by atoms with E-state index in [0.717, 1.165) is 0 Å². The number of hydrogen-bond acceptors (Lipinski definition) is 8. The van der Waals surface area contributed by atoms with Crippen molar-refractivity contribution >= 4 is 35.6 Å². The molecule has 16 nitrogen and oxygen atoms in total. The molecule has 0 radical (unpaired) electrons. The molecule has 0 aliphatic carbocycles. The number of nitrogens with one attached hydrogen (secondary N) is 3. The Morgan fingerprint density at radius 2 is 1.25 bits per heavy atom. The van der Waals surface area contributed by atoms with Crippen molar-refractivity contribution in [1.29, 1.82) is 0 Å². The summed E-state index contributed by atoms with van der Waals surface area (Å²) in [7, 11) is 0. The van der Waals surface area contributed by atoms with Crippen molar-refractivity contribution in [3.05, 3.63) is 0 Å². The van der Waals surface area contributed by atoms with Gasteiger partial charge in [-0.2, -0.15) is 0 Å². The summed E-state index contributed by atoms with van der Waals surface area (Å²) in [5, 5.41) is 26.0. The third kappa shape index (κ3) is 13.3. The quantitative estimate of drug-likeness (QED) is 0.0500. The first kappa shape index (κ1) is 32.3. The number of aliphatic imine (C=N–C) groups is 2. The molecule has 15 N–H and O–H groups in total. The Labute approximate surface area is 209 Å². The molecule has 0 spiro atoms. The van der Waals surface area contributed by atoms with E-state index in [-0.39, 0.29) is 37.9 Å². The summed E-state index contributed by atoms with van der Waals surface area (Å²) >= 11 is 0. The lowest BCUT2D eigenvalue weighted by Crippen LogP contribution is -2.58. The lowest BCUT2D eigenvalue weighted by molar-refractivity contribution is -0.143. The van der Waals surface area contributed by atoms with Crippen molar-refractivity contribution < 1.29 is 29.4 Å². The van der Waals surface area contributed by atoms with E-state index >= 15 is 0 Å². The van der Waals surface area contributed by atoms with E-state index in [1.165, 1.54) is 0 Å². The van der Waals surface area contributed by atoms with Gasteiger partial charge >= 0.3 is 5.97 Å². The van der Waals surface area contributed by atoms with Crippen LogP contribution in [0.5, 0.6) is 0 Å². The first-order valence-corrected chi connectivity index (χ1v) is 11.4. The number of carboxylic acid groups (broad SMARTS) is 1. The Morgan fingerprint density at radius 3 is 1.69 bits per heavy atom. The molecule has 0 aliphatic heterocycles. The molecule has 0 heterocycles. The third-order valence-corrected chi connectivity index (χ3v) is 4.93. The maximum absolute atomic E-state index is 12.9. The summed E-state index contributed by atoms with van der Waals surface area (Å²) in [4.78, 5) is 56.9. The largest absolute Gasteiger partial charge is 0.480 e. The van der Waals surface area contributed by atoms with Gasteiger partial charge in [-0.1, -0.05) is 13.8 Å². The molecule has 0 aliphatic rings. The van der Waals surface area contributed by atoms with Crippen LogP contribution >= 0.6 is 0 Å². The highest BCUT2D eigenvalue weighted by Gasteiger charge is 2.30. The Bertz CT molecular complexity index is 796. The predicted molar refractivity (Wildman–Crippen MR) is 133 cm³/mol. The minimum atomic E-state index is -1.46. The summed E-state index contributed by atoms with van der Waals surface area (Å²) in [6, 6.07) is -4.79. The molecule has 4 atom stereocenters. The molecule has 0 saturated heterocycles. The summed E-state index contributed by atoms with van der Waals surface area (Å²) in [5.74, 6) is -4.25. The molecule has 0 aromatic carbocycles. The van der Waals surface area contributed by atoms with Gasteiger partial charge in [-0.25, -0.2) is 4.79 Å². The zero-order chi connectivity index (χ0) is 27.8. The molecule has 16 heteroatoms. The van der Waals surface area contributed by atoms with E-state index in [0.29, 0.717) is 12.8 Å². The Kier molecular flexibility index (Phi) is 15.2. The van der Waals surface area contributed by atoms with Gasteiger partial charge in [0.25, 0.3) is 0 Å². The van der Waals surface area contributed by atoms with Crippen LogP contribution in [0.2, 0.25) is 0 Å². The minimum absolute atomic E-state index is 0.0819. The summed E-state index contributed by atoms with van der Waals surface area (Å²) in [5.41, 5.74) is 27.0. The first-order valence-electron chi connectivity index (χ1n) is 11.4. The summed E-state index contributed by atoms with van der Waals surface area (Å²) in [6.45, 7) is 2.82. The van der Waals surface area contributed by atoms with Crippen LogP contribution in [0.15, 0.2) is 9.98 Å². The van der Waals surface area contributed by atoms with Crippen molar-refractivity contribution in [1.82, 2.24) is 16.0 Å². The van der Waals surface area contributed by atoms with Gasteiger partial charge in [-0.15, -0.1) is 0 Å². The van der Waals surface area contributed by atoms with Crippen molar-refractivity contribution in [2.24, 2.45) is 44.6 Å². The van der Waals surface area contributed by atoms with Gasteiger partial charge in [0.05, 0.1) is 12.6 Å². The number of carbonyl (C=O) groups is 4. The van der Waals surface area contributed by atoms with Crippen LogP contribution in [0, 0.1) is 5.92 Å². The molecule has 3 amide bonds. The van der Waals surface area contributed by atoms with Crippen LogP contribution in [0.4, 0.5) is 0 Å². The zero-order valence-electron chi connectivity index (χ0n) is 20.6. The van der Waals surface area contributed by atoms with Crippen LogP contribution in [0.25, 0.3) is 0 Å². The highest BCUT2D eigenvalue weighted by molar-refractivity contribution is 5.94. The molecular formula is C20H40N10O6. The second-order valence-corrected chi connectivity index (χ2v) is 8.38. The fraction of sp³-hybridized carbons (Fsp3) is 0.700. The Hall–Kier alpha value is -3.66. The van der Waals surface area contributed by atoms with Crippen LogP contribution in [-0.2, 0) is 19.2 Å². The number of amides is 3. The highest BCUT2D eigenvalue weighted by Crippen LogP contribution is 2.05. The molecule has 0 rings (SSSR count). The fourth-order valence-electron chi connectivity index (χ4n) is 2.94. The Morgan fingerprint density at radius 1 is 0.778 bits per heavy atom.